The molecule has 1 heterocycles. The summed E-state index contributed by atoms with van der Waals surface area (Å²) in [5.74, 6) is -3.01. The molecule has 1 fully saturated rings. The van der Waals surface area contributed by atoms with Crippen molar-refractivity contribution in [2.45, 2.75) is 25.3 Å². The number of rotatable bonds is 4. The van der Waals surface area contributed by atoms with Crippen molar-refractivity contribution in [2.75, 3.05) is 0 Å². The molecule has 0 spiro atoms. The highest BCUT2D eigenvalue weighted by Crippen LogP contribution is 2.40. The van der Waals surface area contributed by atoms with Crippen molar-refractivity contribution in [2.24, 2.45) is 11.8 Å². The maximum Gasteiger partial charge on any atom is 0.327 e. The number of nitrogens with zero attached hydrogens (tertiary/aromatic N) is 1. The van der Waals surface area contributed by atoms with E-state index in [0.29, 0.717) is 17.9 Å². The maximum absolute atomic E-state index is 12.6. The molecule has 23 heavy (non-hydrogen) atoms. The fraction of sp³-hybridized carbons (Fsp3) is 0.353. The van der Waals surface area contributed by atoms with Crippen LogP contribution in [-0.4, -0.2) is 33.8 Å². The number of imide groups is 1. The van der Waals surface area contributed by atoms with E-state index in [1.54, 1.807) is 30.3 Å². The van der Waals surface area contributed by atoms with Crippen LogP contribution in [0.5, 0.6) is 0 Å². The number of carboxylic acid groups (broad SMARTS) is 1. The number of aliphatic carboxylic acids is 1. The van der Waals surface area contributed by atoms with Crippen LogP contribution in [0.2, 0.25) is 0 Å². The number of likely N-dealkylation sites (tertiary alicyclic amines) is 1. The molecule has 1 aliphatic heterocycles. The third-order valence-electron chi connectivity index (χ3n) is 4.47. The van der Waals surface area contributed by atoms with Crippen molar-refractivity contribution in [3.8, 4) is 0 Å². The highest BCUT2D eigenvalue weighted by Gasteiger charge is 2.52. The van der Waals surface area contributed by atoms with Crippen molar-refractivity contribution in [1.29, 1.82) is 0 Å². The number of fused-ring (bicyclic) bond motifs is 1. The zero-order chi connectivity index (χ0) is 16.6. The summed E-state index contributed by atoms with van der Waals surface area (Å²) in [5, 5.41) is 10.1. The number of hydrogen-bond donors (Lipinski definition) is 1. The Morgan fingerprint density at radius 2 is 1.87 bits per heavy atom. The number of halogens is 1. The van der Waals surface area contributed by atoms with Gasteiger partial charge in [0.15, 0.2) is 0 Å². The molecule has 0 radical (unpaired) electrons. The van der Waals surface area contributed by atoms with Crippen LogP contribution in [0.15, 0.2) is 41.4 Å². The number of carbonyl (C=O) groups excluding carboxylic acids is 2. The van der Waals surface area contributed by atoms with Gasteiger partial charge in [-0.25, -0.2) is 4.79 Å². The standard InChI is InChI=1S/C17H16ClNO4/c18-11-6-7-12-13(9-11)16(21)19(15(12)20)14(17(22)23)8-10-4-2-1-3-5-10/h1-6,12-14H,7-9H2,(H,22,23)/t12-,13-,14+/m1/s1. The van der Waals surface area contributed by atoms with Crippen LogP contribution < -0.4 is 0 Å². The normalized spacial score (nSPS) is 25.1. The summed E-state index contributed by atoms with van der Waals surface area (Å²) >= 11 is 5.98. The molecule has 6 heteroatoms. The van der Waals surface area contributed by atoms with Gasteiger partial charge in [-0.1, -0.05) is 48.0 Å². The topological polar surface area (TPSA) is 74.7 Å². The van der Waals surface area contributed by atoms with E-state index in [0.717, 1.165) is 10.5 Å². The van der Waals surface area contributed by atoms with Gasteiger partial charge in [-0.2, -0.15) is 0 Å². The van der Waals surface area contributed by atoms with Gasteiger partial charge in [0, 0.05) is 11.5 Å². The fourth-order valence-electron chi connectivity index (χ4n) is 3.29. The van der Waals surface area contributed by atoms with Crippen LogP contribution in [-0.2, 0) is 20.8 Å². The second-order valence-corrected chi connectivity index (χ2v) is 6.38. The van der Waals surface area contributed by atoms with E-state index in [2.05, 4.69) is 0 Å². The zero-order valence-electron chi connectivity index (χ0n) is 12.3. The predicted molar refractivity (Wildman–Crippen MR) is 83.6 cm³/mol. The summed E-state index contributed by atoms with van der Waals surface area (Å²) in [6.45, 7) is 0. The first-order chi connectivity index (χ1) is 11.0. The molecule has 120 valence electrons. The van der Waals surface area contributed by atoms with Crippen molar-refractivity contribution in [3.05, 3.63) is 47.0 Å². The molecule has 0 unspecified atom stereocenters. The van der Waals surface area contributed by atoms with Crippen LogP contribution >= 0.6 is 11.6 Å². The lowest BCUT2D eigenvalue weighted by molar-refractivity contribution is -0.155. The van der Waals surface area contributed by atoms with Crippen molar-refractivity contribution in [1.82, 2.24) is 4.90 Å². The minimum Gasteiger partial charge on any atom is -0.480 e. The van der Waals surface area contributed by atoms with Crippen LogP contribution in [0.1, 0.15) is 18.4 Å². The number of amides is 2. The van der Waals surface area contributed by atoms with Gasteiger partial charge in [0.1, 0.15) is 6.04 Å². The van der Waals surface area contributed by atoms with E-state index in [-0.39, 0.29) is 6.42 Å². The summed E-state index contributed by atoms with van der Waals surface area (Å²) in [6.07, 6.45) is 2.55. The van der Waals surface area contributed by atoms with Crippen LogP contribution in [0.25, 0.3) is 0 Å². The molecule has 2 aliphatic rings. The first-order valence-electron chi connectivity index (χ1n) is 7.47. The molecule has 0 aromatic heterocycles. The zero-order valence-corrected chi connectivity index (χ0v) is 13.1. The molecular weight excluding hydrogens is 318 g/mol. The van der Waals surface area contributed by atoms with E-state index < -0.39 is 35.7 Å². The van der Waals surface area contributed by atoms with Crippen LogP contribution in [0.3, 0.4) is 0 Å². The second kappa shape index (κ2) is 6.16. The lowest BCUT2D eigenvalue weighted by atomic mass is 9.85. The van der Waals surface area contributed by atoms with Crippen LogP contribution in [0.4, 0.5) is 0 Å². The average Bonchev–Trinajstić information content (AvgIpc) is 2.77. The Morgan fingerprint density at radius 3 is 2.52 bits per heavy atom. The molecule has 5 nitrogen and oxygen atoms in total. The molecule has 3 rings (SSSR count). The average molecular weight is 334 g/mol. The minimum atomic E-state index is -1.18. The van der Waals surface area contributed by atoms with E-state index in [4.69, 9.17) is 11.6 Å². The molecule has 1 N–H and O–H groups in total. The Hall–Kier alpha value is -2.14. The molecular formula is C17H16ClNO4. The van der Waals surface area contributed by atoms with Gasteiger partial charge in [0.25, 0.3) is 0 Å². The second-order valence-electron chi connectivity index (χ2n) is 5.89. The Labute approximate surface area is 138 Å². The van der Waals surface area contributed by atoms with Gasteiger partial charge in [0.2, 0.25) is 11.8 Å². The van der Waals surface area contributed by atoms with E-state index in [1.807, 2.05) is 6.07 Å². The van der Waals surface area contributed by atoms with Crippen LogP contribution in [0, 0.1) is 11.8 Å². The van der Waals surface area contributed by atoms with E-state index in [9.17, 15) is 19.5 Å². The molecule has 0 bridgehead atoms. The quantitative estimate of drug-likeness (QED) is 0.857. The summed E-state index contributed by atoms with van der Waals surface area (Å²) in [5.41, 5.74) is 0.770. The highest BCUT2D eigenvalue weighted by atomic mass is 35.5. The fourth-order valence-corrected chi connectivity index (χ4v) is 3.54. The van der Waals surface area contributed by atoms with Crippen molar-refractivity contribution in [3.63, 3.8) is 0 Å². The first kappa shape index (κ1) is 15.7. The Bertz CT molecular complexity index is 685. The lowest BCUT2D eigenvalue weighted by Gasteiger charge is -2.23. The van der Waals surface area contributed by atoms with Gasteiger partial charge in [-0.3, -0.25) is 14.5 Å². The molecule has 1 aromatic rings. The number of carboxylic acids is 1. The van der Waals surface area contributed by atoms with Gasteiger partial charge in [0.05, 0.1) is 11.8 Å². The maximum atomic E-state index is 12.6. The van der Waals surface area contributed by atoms with Gasteiger partial charge < -0.3 is 5.11 Å². The minimum absolute atomic E-state index is 0.105. The summed E-state index contributed by atoms with van der Waals surface area (Å²) in [6, 6.07) is 7.81. The van der Waals surface area contributed by atoms with Gasteiger partial charge in [-0.05, 0) is 18.4 Å². The van der Waals surface area contributed by atoms with E-state index in [1.165, 1.54) is 0 Å². The number of hydrogen-bond acceptors (Lipinski definition) is 3. The third kappa shape index (κ3) is 2.88. The first-order valence-corrected chi connectivity index (χ1v) is 7.85. The predicted octanol–water partition coefficient (Wildman–Crippen LogP) is 2.20. The SMILES string of the molecule is O=C(O)[C@H](Cc1ccccc1)N1C(=O)[C@@H]2CC=C(Cl)C[C@H]2C1=O. The molecule has 3 atom stereocenters. The summed E-state index contributed by atoms with van der Waals surface area (Å²) in [4.78, 5) is 37.8. The van der Waals surface area contributed by atoms with Gasteiger partial charge >= 0.3 is 5.97 Å². The largest absolute Gasteiger partial charge is 0.480 e. The Morgan fingerprint density at radius 1 is 1.22 bits per heavy atom. The number of benzene rings is 1. The molecule has 2 amide bonds. The Balaban J connectivity index is 1.87. The van der Waals surface area contributed by atoms with Gasteiger partial charge in [-0.15, -0.1) is 0 Å². The molecule has 0 saturated carbocycles. The molecule has 1 saturated heterocycles. The highest BCUT2D eigenvalue weighted by molar-refractivity contribution is 6.30. The molecule has 1 aliphatic carbocycles. The summed E-state index contributed by atoms with van der Waals surface area (Å²) in [7, 11) is 0. The van der Waals surface area contributed by atoms with Crippen molar-refractivity contribution < 1.29 is 19.5 Å². The monoisotopic (exact) mass is 333 g/mol. The number of carbonyl (C=O) groups is 3. The van der Waals surface area contributed by atoms with E-state index >= 15 is 0 Å². The summed E-state index contributed by atoms with van der Waals surface area (Å²) < 4.78 is 0. The Kier molecular flexibility index (Phi) is 4.22. The smallest absolute Gasteiger partial charge is 0.327 e. The van der Waals surface area contributed by atoms with Crippen molar-refractivity contribution >= 4 is 29.4 Å². The molecule has 1 aromatic carbocycles. The lowest BCUT2D eigenvalue weighted by Crippen LogP contribution is -2.46. The third-order valence-corrected chi connectivity index (χ3v) is 4.78. The number of allylic oxidation sites excluding steroid dienone is 2.